The van der Waals surface area contributed by atoms with Crippen molar-refractivity contribution in [2.24, 2.45) is 11.7 Å². The van der Waals surface area contributed by atoms with E-state index in [0.29, 0.717) is 5.92 Å². The van der Waals surface area contributed by atoms with Gasteiger partial charge in [-0.2, -0.15) is 0 Å². The molecule has 3 heteroatoms. The molecule has 0 amide bonds. The van der Waals surface area contributed by atoms with E-state index in [1.54, 1.807) is 7.11 Å². The average molecular weight is 235 g/mol. The molecule has 3 N–H and O–H groups in total. The summed E-state index contributed by atoms with van der Waals surface area (Å²) in [7, 11) is 1.64. The van der Waals surface area contributed by atoms with Gasteiger partial charge in [-0.15, -0.1) is 0 Å². The Kier molecular flexibility index (Phi) is 4.02. The van der Waals surface area contributed by atoms with E-state index in [0.717, 1.165) is 24.2 Å². The van der Waals surface area contributed by atoms with Gasteiger partial charge in [0.15, 0.2) is 0 Å². The van der Waals surface area contributed by atoms with Crippen molar-refractivity contribution < 1.29 is 9.84 Å². The van der Waals surface area contributed by atoms with Gasteiger partial charge < -0.3 is 15.6 Å². The van der Waals surface area contributed by atoms with Crippen LogP contribution in [0, 0.1) is 5.92 Å². The zero-order valence-electron chi connectivity index (χ0n) is 10.3. The molecule has 1 aromatic carbocycles. The summed E-state index contributed by atoms with van der Waals surface area (Å²) in [5.74, 6) is 1.15. The van der Waals surface area contributed by atoms with Crippen molar-refractivity contribution in [3.05, 3.63) is 29.8 Å². The zero-order chi connectivity index (χ0) is 12.3. The lowest BCUT2D eigenvalue weighted by Crippen LogP contribution is -2.31. The van der Waals surface area contributed by atoms with Crippen LogP contribution in [0.5, 0.6) is 5.75 Å². The second-order valence-electron chi connectivity index (χ2n) is 4.84. The predicted octanol–water partition coefficient (Wildman–Crippen LogP) is 2.25. The fourth-order valence-electron chi connectivity index (χ4n) is 2.64. The molecular weight excluding hydrogens is 214 g/mol. The number of hydrogen-bond acceptors (Lipinski definition) is 3. The molecule has 0 aliphatic heterocycles. The monoisotopic (exact) mass is 235 g/mol. The zero-order valence-corrected chi connectivity index (χ0v) is 10.3. The number of methoxy groups -OCH3 is 1. The SMILES string of the molecule is COc1cccc([C@@H](N)[C@@H](O)C2CCCC2)c1. The standard InChI is InChI=1S/C14H21NO2/c1-17-12-8-4-7-11(9-12)13(15)14(16)10-5-2-3-6-10/h4,7-10,13-14,16H,2-3,5-6,15H2,1H3/t13-,14+/m1/s1. The van der Waals surface area contributed by atoms with E-state index in [4.69, 9.17) is 10.5 Å². The van der Waals surface area contributed by atoms with E-state index in [2.05, 4.69) is 0 Å². The Morgan fingerprint density at radius 2 is 2.06 bits per heavy atom. The molecule has 0 radical (unpaired) electrons. The Bertz CT molecular complexity index is 361. The van der Waals surface area contributed by atoms with E-state index >= 15 is 0 Å². The Morgan fingerprint density at radius 1 is 1.35 bits per heavy atom. The molecule has 0 bridgehead atoms. The van der Waals surface area contributed by atoms with Crippen LogP contribution in [0.15, 0.2) is 24.3 Å². The minimum atomic E-state index is -0.440. The molecule has 1 fully saturated rings. The number of hydrogen-bond donors (Lipinski definition) is 2. The van der Waals surface area contributed by atoms with E-state index in [9.17, 15) is 5.11 Å². The smallest absolute Gasteiger partial charge is 0.119 e. The number of benzene rings is 1. The van der Waals surface area contributed by atoms with Gasteiger partial charge in [0.2, 0.25) is 0 Å². The number of rotatable bonds is 4. The Hall–Kier alpha value is -1.06. The molecule has 1 aliphatic carbocycles. The van der Waals surface area contributed by atoms with Gasteiger partial charge in [-0.05, 0) is 36.5 Å². The van der Waals surface area contributed by atoms with Gasteiger partial charge in [-0.1, -0.05) is 25.0 Å². The van der Waals surface area contributed by atoms with Crippen LogP contribution >= 0.6 is 0 Å². The molecule has 94 valence electrons. The first-order chi connectivity index (χ1) is 8.22. The minimum Gasteiger partial charge on any atom is -0.497 e. The Balaban J connectivity index is 2.09. The summed E-state index contributed by atoms with van der Waals surface area (Å²) in [5, 5.41) is 10.3. The molecule has 1 saturated carbocycles. The molecule has 0 aromatic heterocycles. The number of aliphatic hydroxyl groups excluding tert-OH is 1. The number of ether oxygens (including phenoxy) is 1. The highest BCUT2D eigenvalue weighted by atomic mass is 16.5. The summed E-state index contributed by atoms with van der Waals surface area (Å²) in [6.07, 6.45) is 4.18. The lowest BCUT2D eigenvalue weighted by Gasteiger charge is -2.24. The highest BCUT2D eigenvalue weighted by Crippen LogP contribution is 2.33. The van der Waals surface area contributed by atoms with Crippen molar-refractivity contribution >= 4 is 0 Å². The maximum atomic E-state index is 10.3. The molecule has 0 unspecified atom stereocenters. The topological polar surface area (TPSA) is 55.5 Å². The summed E-state index contributed by atoms with van der Waals surface area (Å²) >= 11 is 0. The number of aliphatic hydroxyl groups is 1. The van der Waals surface area contributed by atoms with Crippen molar-refractivity contribution in [3.8, 4) is 5.75 Å². The lowest BCUT2D eigenvalue weighted by molar-refractivity contribution is 0.0844. The van der Waals surface area contributed by atoms with Gasteiger partial charge in [0, 0.05) is 0 Å². The molecule has 0 saturated heterocycles. The summed E-state index contributed by atoms with van der Waals surface area (Å²) in [6.45, 7) is 0. The van der Waals surface area contributed by atoms with Crippen LogP contribution in [0.1, 0.15) is 37.3 Å². The van der Waals surface area contributed by atoms with Crippen LogP contribution in [0.2, 0.25) is 0 Å². The summed E-state index contributed by atoms with van der Waals surface area (Å²) < 4.78 is 5.17. The average Bonchev–Trinajstić information content (AvgIpc) is 2.91. The molecule has 17 heavy (non-hydrogen) atoms. The van der Waals surface area contributed by atoms with Gasteiger partial charge in [0.05, 0.1) is 19.3 Å². The van der Waals surface area contributed by atoms with E-state index in [1.807, 2.05) is 24.3 Å². The molecule has 0 heterocycles. The molecule has 2 atom stereocenters. The largest absolute Gasteiger partial charge is 0.497 e. The third kappa shape index (κ3) is 2.79. The normalized spacial score (nSPS) is 20.2. The summed E-state index contributed by atoms with van der Waals surface area (Å²) in [4.78, 5) is 0. The Morgan fingerprint density at radius 3 is 2.71 bits per heavy atom. The van der Waals surface area contributed by atoms with Crippen molar-refractivity contribution in [3.63, 3.8) is 0 Å². The Labute approximate surface area is 103 Å². The maximum absolute atomic E-state index is 10.3. The van der Waals surface area contributed by atoms with Gasteiger partial charge in [0.1, 0.15) is 5.75 Å². The first-order valence-corrected chi connectivity index (χ1v) is 6.30. The highest BCUT2D eigenvalue weighted by molar-refractivity contribution is 5.31. The van der Waals surface area contributed by atoms with Crippen LogP contribution < -0.4 is 10.5 Å². The summed E-state index contributed by atoms with van der Waals surface area (Å²) in [5.41, 5.74) is 7.08. The number of nitrogens with two attached hydrogens (primary N) is 1. The van der Waals surface area contributed by atoms with Crippen molar-refractivity contribution in [2.75, 3.05) is 7.11 Å². The fourth-order valence-corrected chi connectivity index (χ4v) is 2.64. The van der Waals surface area contributed by atoms with Crippen molar-refractivity contribution in [1.29, 1.82) is 0 Å². The van der Waals surface area contributed by atoms with Crippen LogP contribution in [-0.2, 0) is 0 Å². The molecule has 1 aliphatic rings. The van der Waals surface area contributed by atoms with Crippen LogP contribution in [0.25, 0.3) is 0 Å². The third-order valence-electron chi connectivity index (χ3n) is 3.73. The maximum Gasteiger partial charge on any atom is 0.119 e. The summed E-state index contributed by atoms with van der Waals surface area (Å²) in [6, 6.07) is 7.34. The van der Waals surface area contributed by atoms with Gasteiger partial charge in [-0.3, -0.25) is 0 Å². The molecular formula is C14H21NO2. The van der Waals surface area contributed by atoms with Crippen molar-refractivity contribution in [2.45, 2.75) is 37.8 Å². The highest BCUT2D eigenvalue weighted by Gasteiger charge is 2.28. The van der Waals surface area contributed by atoms with Gasteiger partial charge in [0.25, 0.3) is 0 Å². The quantitative estimate of drug-likeness (QED) is 0.841. The van der Waals surface area contributed by atoms with E-state index < -0.39 is 6.10 Å². The molecule has 0 spiro atoms. The van der Waals surface area contributed by atoms with Crippen molar-refractivity contribution in [1.82, 2.24) is 0 Å². The first-order valence-electron chi connectivity index (χ1n) is 6.30. The second-order valence-corrected chi connectivity index (χ2v) is 4.84. The molecule has 2 rings (SSSR count). The van der Waals surface area contributed by atoms with Crippen LogP contribution in [0.3, 0.4) is 0 Å². The van der Waals surface area contributed by atoms with E-state index in [-0.39, 0.29) is 6.04 Å². The lowest BCUT2D eigenvalue weighted by atomic mass is 9.91. The van der Waals surface area contributed by atoms with Gasteiger partial charge >= 0.3 is 0 Å². The van der Waals surface area contributed by atoms with E-state index in [1.165, 1.54) is 12.8 Å². The third-order valence-corrected chi connectivity index (χ3v) is 3.73. The minimum absolute atomic E-state index is 0.312. The fraction of sp³-hybridized carbons (Fsp3) is 0.571. The van der Waals surface area contributed by atoms with Gasteiger partial charge in [-0.25, -0.2) is 0 Å². The van der Waals surface area contributed by atoms with Crippen LogP contribution in [-0.4, -0.2) is 18.3 Å². The van der Waals surface area contributed by atoms with Crippen LogP contribution in [0.4, 0.5) is 0 Å². The molecule has 3 nitrogen and oxygen atoms in total. The second kappa shape index (κ2) is 5.52. The molecule has 1 aromatic rings. The predicted molar refractivity (Wildman–Crippen MR) is 67.9 cm³/mol. The first kappa shape index (κ1) is 12.4.